The second kappa shape index (κ2) is 7.45. The van der Waals surface area contributed by atoms with Crippen LogP contribution >= 0.6 is 0 Å². The van der Waals surface area contributed by atoms with E-state index in [1.54, 1.807) is 0 Å². The highest BCUT2D eigenvalue weighted by Gasteiger charge is 2.26. The lowest BCUT2D eigenvalue weighted by molar-refractivity contribution is -0.120. The number of nitrogens with zero attached hydrogens (tertiary/aromatic N) is 2. The predicted molar refractivity (Wildman–Crippen MR) is 93.5 cm³/mol. The summed E-state index contributed by atoms with van der Waals surface area (Å²) in [6.07, 6.45) is 3.20. The number of rotatable bonds is 6. The number of carbonyl (C=O) groups excluding carboxylic acids is 1. The molecule has 1 atom stereocenters. The van der Waals surface area contributed by atoms with Gasteiger partial charge in [0, 0.05) is 24.5 Å². The molecule has 0 radical (unpaired) electrons. The van der Waals surface area contributed by atoms with Crippen molar-refractivity contribution < 1.29 is 13.2 Å². The van der Waals surface area contributed by atoms with Gasteiger partial charge in [-0.2, -0.15) is 0 Å². The molecule has 0 aliphatic carbocycles. The van der Waals surface area contributed by atoms with Gasteiger partial charge >= 0.3 is 0 Å². The summed E-state index contributed by atoms with van der Waals surface area (Å²) < 4.78 is 23.0. The van der Waals surface area contributed by atoms with Crippen molar-refractivity contribution in [3.8, 4) is 0 Å². The molecule has 0 saturated heterocycles. The van der Waals surface area contributed by atoms with Crippen LogP contribution in [0.2, 0.25) is 0 Å². The number of likely N-dealkylation sites (N-methyl/N-ethyl adjacent to an activating group) is 1. The van der Waals surface area contributed by atoms with Crippen LogP contribution in [0.1, 0.15) is 25.8 Å². The Morgan fingerprint density at radius 1 is 1.35 bits per heavy atom. The predicted octanol–water partition coefficient (Wildman–Crippen LogP) is 1.72. The number of carbonyl (C=O) groups is 1. The standard InChI is InChI=1S/C17H26N2O3S/c1-4-18(14(2)13-23(3,21)22)12-17(20)19-11-7-9-15-8-5-6-10-16(15)19/h5-6,8,10,14H,4,7,9,11-13H2,1-3H3. The largest absolute Gasteiger partial charge is 0.311 e. The highest BCUT2D eigenvalue weighted by atomic mass is 32.2. The fourth-order valence-electron chi connectivity index (χ4n) is 3.17. The van der Waals surface area contributed by atoms with E-state index >= 15 is 0 Å². The van der Waals surface area contributed by atoms with Gasteiger partial charge in [0.05, 0.1) is 12.3 Å². The van der Waals surface area contributed by atoms with Crippen LogP contribution in [0.3, 0.4) is 0 Å². The maximum atomic E-state index is 12.7. The van der Waals surface area contributed by atoms with Crippen molar-refractivity contribution >= 4 is 21.4 Å². The second-order valence-corrected chi connectivity index (χ2v) is 8.47. The van der Waals surface area contributed by atoms with Gasteiger partial charge in [0.2, 0.25) is 5.91 Å². The van der Waals surface area contributed by atoms with Crippen LogP contribution in [-0.2, 0) is 21.1 Å². The molecule has 1 aliphatic rings. The van der Waals surface area contributed by atoms with Crippen LogP contribution < -0.4 is 4.90 Å². The van der Waals surface area contributed by atoms with Crippen LogP contribution in [0.25, 0.3) is 0 Å². The average molecular weight is 338 g/mol. The van der Waals surface area contributed by atoms with E-state index in [9.17, 15) is 13.2 Å². The molecule has 1 aliphatic heterocycles. The SMILES string of the molecule is CCN(CC(=O)N1CCCc2ccccc21)C(C)CS(C)(=O)=O. The van der Waals surface area contributed by atoms with Crippen LogP contribution in [0, 0.1) is 0 Å². The number of amides is 1. The van der Waals surface area contributed by atoms with Gasteiger partial charge in [0.1, 0.15) is 9.84 Å². The average Bonchev–Trinajstić information content (AvgIpc) is 2.50. The summed E-state index contributed by atoms with van der Waals surface area (Å²) in [5, 5.41) is 0. The zero-order chi connectivity index (χ0) is 17.0. The first-order valence-corrected chi connectivity index (χ1v) is 10.2. The fraction of sp³-hybridized carbons (Fsp3) is 0.588. The van der Waals surface area contributed by atoms with Crippen LogP contribution in [0.4, 0.5) is 5.69 Å². The van der Waals surface area contributed by atoms with Gasteiger partial charge in [-0.05, 0) is 37.9 Å². The van der Waals surface area contributed by atoms with Gasteiger partial charge in [0.15, 0.2) is 0 Å². The smallest absolute Gasteiger partial charge is 0.241 e. The third kappa shape index (κ3) is 4.78. The molecule has 23 heavy (non-hydrogen) atoms. The number of para-hydroxylation sites is 1. The minimum absolute atomic E-state index is 0.0411. The number of aryl methyl sites for hydroxylation is 1. The first kappa shape index (κ1) is 17.9. The molecule has 2 rings (SSSR count). The van der Waals surface area contributed by atoms with E-state index < -0.39 is 9.84 Å². The third-order valence-corrected chi connectivity index (χ3v) is 5.41. The van der Waals surface area contributed by atoms with Crippen LogP contribution in [-0.4, -0.2) is 56.9 Å². The molecule has 5 nitrogen and oxygen atoms in total. The summed E-state index contributed by atoms with van der Waals surface area (Å²) in [6, 6.07) is 7.84. The molecule has 1 aromatic carbocycles. The first-order valence-electron chi connectivity index (χ1n) is 8.12. The zero-order valence-electron chi connectivity index (χ0n) is 14.2. The number of fused-ring (bicyclic) bond motifs is 1. The van der Waals surface area contributed by atoms with E-state index in [1.807, 2.05) is 41.8 Å². The number of sulfone groups is 1. The molecule has 1 heterocycles. The first-order chi connectivity index (χ1) is 10.8. The zero-order valence-corrected chi connectivity index (χ0v) is 15.0. The monoisotopic (exact) mass is 338 g/mol. The van der Waals surface area contributed by atoms with Crippen molar-refractivity contribution in [3.63, 3.8) is 0 Å². The lowest BCUT2D eigenvalue weighted by atomic mass is 10.0. The van der Waals surface area contributed by atoms with Crippen molar-refractivity contribution in [3.05, 3.63) is 29.8 Å². The molecule has 0 aromatic heterocycles. The lowest BCUT2D eigenvalue weighted by Gasteiger charge is -2.33. The van der Waals surface area contributed by atoms with Crippen molar-refractivity contribution in [2.75, 3.05) is 36.5 Å². The second-order valence-electron chi connectivity index (χ2n) is 6.28. The topological polar surface area (TPSA) is 57.7 Å². The van der Waals surface area contributed by atoms with Gasteiger partial charge in [-0.1, -0.05) is 25.1 Å². The van der Waals surface area contributed by atoms with E-state index in [0.717, 1.165) is 25.1 Å². The van der Waals surface area contributed by atoms with Gasteiger partial charge in [-0.25, -0.2) is 8.42 Å². The highest BCUT2D eigenvalue weighted by molar-refractivity contribution is 7.90. The number of anilines is 1. The Balaban J connectivity index is 2.09. The fourth-order valence-corrected chi connectivity index (χ4v) is 4.26. The van der Waals surface area contributed by atoms with Gasteiger partial charge in [0.25, 0.3) is 0 Å². The molecule has 0 bridgehead atoms. The minimum Gasteiger partial charge on any atom is -0.311 e. The Kier molecular flexibility index (Phi) is 5.81. The molecule has 0 N–H and O–H groups in total. The Labute approximate surface area is 139 Å². The molecule has 0 saturated carbocycles. The van der Waals surface area contributed by atoms with Crippen molar-refractivity contribution in [2.45, 2.75) is 32.7 Å². The summed E-state index contributed by atoms with van der Waals surface area (Å²) in [7, 11) is -3.05. The molecule has 0 spiro atoms. The van der Waals surface area contributed by atoms with E-state index in [0.29, 0.717) is 6.54 Å². The molecule has 1 amide bonds. The molecular weight excluding hydrogens is 312 g/mol. The number of hydrogen-bond acceptors (Lipinski definition) is 4. The number of benzene rings is 1. The molecule has 6 heteroatoms. The summed E-state index contributed by atoms with van der Waals surface area (Å²) in [6.45, 7) is 5.45. The van der Waals surface area contributed by atoms with E-state index in [4.69, 9.17) is 0 Å². The Hall–Kier alpha value is -1.40. The molecular formula is C17H26N2O3S. The molecule has 1 unspecified atom stereocenters. The van der Waals surface area contributed by atoms with Crippen molar-refractivity contribution in [1.82, 2.24) is 4.90 Å². The number of hydrogen-bond donors (Lipinski definition) is 0. The Morgan fingerprint density at radius 2 is 2.04 bits per heavy atom. The van der Waals surface area contributed by atoms with E-state index in [2.05, 4.69) is 6.07 Å². The van der Waals surface area contributed by atoms with Gasteiger partial charge in [-0.3, -0.25) is 9.69 Å². The van der Waals surface area contributed by atoms with Crippen LogP contribution in [0.5, 0.6) is 0 Å². The molecule has 0 fully saturated rings. The maximum Gasteiger partial charge on any atom is 0.241 e. The third-order valence-electron chi connectivity index (χ3n) is 4.32. The summed E-state index contributed by atoms with van der Waals surface area (Å²) >= 11 is 0. The van der Waals surface area contributed by atoms with Crippen LogP contribution in [0.15, 0.2) is 24.3 Å². The van der Waals surface area contributed by atoms with E-state index in [1.165, 1.54) is 11.8 Å². The Bertz CT molecular complexity index is 658. The van der Waals surface area contributed by atoms with Crippen molar-refractivity contribution in [2.24, 2.45) is 0 Å². The van der Waals surface area contributed by atoms with E-state index in [-0.39, 0.29) is 24.2 Å². The Morgan fingerprint density at radius 3 is 2.70 bits per heavy atom. The normalized spacial score (nSPS) is 16.3. The molecule has 128 valence electrons. The highest BCUT2D eigenvalue weighted by Crippen LogP contribution is 2.26. The lowest BCUT2D eigenvalue weighted by Crippen LogP contribution is -2.47. The van der Waals surface area contributed by atoms with Gasteiger partial charge < -0.3 is 4.90 Å². The molecule has 1 aromatic rings. The maximum absolute atomic E-state index is 12.7. The quantitative estimate of drug-likeness (QED) is 0.792. The summed E-state index contributed by atoms with van der Waals surface area (Å²) in [5.41, 5.74) is 2.20. The van der Waals surface area contributed by atoms with Crippen molar-refractivity contribution in [1.29, 1.82) is 0 Å². The minimum atomic E-state index is -3.05. The summed E-state index contributed by atoms with van der Waals surface area (Å²) in [4.78, 5) is 16.5. The summed E-state index contributed by atoms with van der Waals surface area (Å²) in [5.74, 6) is 0.115. The van der Waals surface area contributed by atoms with Gasteiger partial charge in [-0.15, -0.1) is 0 Å².